The number of carbonyl (C=O) groups is 1. The molecular formula is C16H18O5. The number of carbonyl (C=O) groups excluding carboxylic acids is 1. The lowest BCUT2D eigenvalue weighted by atomic mass is 10.0. The van der Waals surface area contributed by atoms with Gasteiger partial charge in [-0.15, -0.1) is 0 Å². The van der Waals surface area contributed by atoms with Gasteiger partial charge in [-0.25, -0.2) is 9.59 Å². The van der Waals surface area contributed by atoms with Crippen LogP contribution in [0.25, 0.3) is 11.0 Å². The normalized spacial score (nSPS) is 12.2. The maximum Gasteiger partial charge on any atom is 0.346 e. The Morgan fingerprint density at radius 3 is 2.71 bits per heavy atom. The first kappa shape index (κ1) is 15.1. The van der Waals surface area contributed by atoms with E-state index in [2.05, 4.69) is 4.74 Å². The molecule has 2 aromatic rings. The van der Waals surface area contributed by atoms with Gasteiger partial charge < -0.3 is 13.9 Å². The zero-order valence-electron chi connectivity index (χ0n) is 12.6. The molecule has 1 aromatic carbocycles. The molecule has 0 aliphatic rings. The third-order valence-corrected chi connectivity index (χ3v) is 3.41. The first-order valence-electron chi connectivity index (χ1n) is 6.78. The first-order valence-corrected chi connectivity index (χ1v) is 6.78. The van der Waals surface area contributed by atoms with Gasteiger partial charge >= 0.3 is 11.6 Å². The Hall–Kier alpha value is -2.30. The monoisotopic (exact) mass is 290 g/mol. The van der Waals surface area contributed by atoms with Gasteiger partial charge in [-0.1, -0.05) is 6.92 Å². The summed E-state index contributed by atoms with van der Waals surface area (Å²) in [5.41, 5.74) is 1.72. The van der Waals surface area contributed by atoms with Crippen LogP contribution in [-0.2, 0) is 16.0 Å². The van der Waals surface area contributed by atoms with Crippen LogP contribution in [-0.4, -0.2) is 19.2 Å². The Balaban J connectivity index is 2.51. The fourth-order valence-electron chi connectivity index (χ4n) is 2.23. The van der Waals surface area contributed by atoms with E-state index in [1.165, 1.54) is 13.2 Å². The fraction of sp³-hybridized carbons (Fsp3) is 0.375. The van der Waals surface area contributed by atoms with E-state index in [1.807, 2.05) is 13.0 Å². The van der Waals surface area contributed by atoms with Gasteiger partial charge in [0.05, 0.1) is 7.11 Å². The topological polar surface area (TPSA) is 65.7 Å². The Kier molecular flexibility index (Phi) is 4.31. The molecule has 5 heteroatoms. The molecule has 1 aromatic heterocycles. The molecule has 0 aliphatic carbocycles. The van der Waals surface area contributed by atoms with Crippen molar-refractivity contribution in [3.63, 3.8) is 0 Å². The summed E-state index contributed by atoms with van der Waals surface area (Å²) >= 11 is 0. The van der Waals surface area contributed by atoms with Crippen molar-refractivity contribution in [2.45, 2.75) is 33.3 Å². The molecule has 1 atom stereocenters. The van der Waals surface area contributed by atoms with Gasteiger partial charge in [-0.3, -0.25) is 0 Å². The van der Waals surface area contributed by atoms with Gasteiger partial charge in [0, 0.05) is 17.0 Å². The van der Waals surface area contributed by atoms with Crippen LogP contribution in [0.2, 0.25) is 0 Å². The van der Waals surface area contributed by atoms with Gasteiger partial charge in [0.2, 0.25) is 0 Å². The van der Waals surface area contributed by atoms with Crippen molar-refractivity contribution >= 4 is 16.9 Å². The highest BCUT2D eigenvalue weighted by Crippen LogP contribution is 2.29. The zero-order chi connectivity index (χ0) is 15.6. The van der Waals surface area contributed by atoms with Crippen LogP contribution in [0.1, 0.15) is 25.0 Å². The van der Waals surface area contributed by atoms with Crippen molar-refractivity contribution in [3.8, 4) is 5.75 Å². The zero-order valence-corrected chi connectivity index (χ0v) is 12.6. The van der Waals surface area contributed by atoms with Gasteiger partial charge in [0.15, 0.2) is 6.10 Å². The molecule has 0 radical (unpaired) electrons. The van der Waals surface area contributed by atoms with E-state index in [4.69, 9.17) is 9.15 Å². The Bertz CT molecular complexity index is 729. The van der Waals surface area contributed by atoms with Crippen molar-refractivity contribution in [2.75, 3.05) is 7.11 Å². The predicted molar refractivity (Wildman–Crippen MR) is 78.7 cm³/mol. The lowest BCUT2D eigenvalue weighted by Crippen LogP contribution is -2.25. The van der Waals surface area contributed by atoms with E-state index in [9.17, 15) is 9.59 Å². The van der Waals surface area contributed by atoms with Crippen LogP contribution in [0, 0.1) is 6.92 Å². The Morgan fingerprint density at radius 2 is 2.10 bits per heavy atom. The molecule has 21 heavy (non-hydrogen) atoms. The molecule has 0 amide bonds. The van der Waals surface area contributed by atoms with Crippen LogP contribution >= 0.6 is 0 Å². The molecule has 0 saturated heterocycles. The minimum atomic E-state index is -0.729. The minimum Gasteiger partial charge on any atom is -0.479 e. The van der Waals surface area contributed by atoms with E-state index in [0.717, 1.165) is 17.4 Å². The van der Waals surface area contributed by atoms with Crippen molar-refractivity contribution < 1.29 is 18.7 Å². The lowest BCUT2D eigenvalue weighted by Gasteiger charge is -2.15. The number of methoxy groups -OCH3 is 1. The molecule has 1 heterocycles. The van der Waals surface area contributed by atoms with E-state index in [-0.39, 0.29) is 5.63 Å². The number of hydrogen-bond acceptors (Lipinski definition) is 5. The first-order chi connectivity index (χ1) is 9.97. The average molecular weight is 290 g/mol. The molecule has 1 unspecified atom stereocenters. The second-order valence-corrected chi connectivity index (χ2v) is 4.79. The summed E-state index contributed by atoms with van der Waals surface area (Å²) in [4.78, 5) is 23.0. The summed E-state index contributed by atoms with van der Waals surface area (Å²) < 4.78 is 15.5. The summed E-state index contributed by atoms with van der Waals surface area (Å²) in [5, 5.41) is 0.882. The number of ether oxygens (including phenoxy) is 2. The average Bonchev–Trinajstić information content (AvgIpc) is 2.48. The summed E-state index contributed by atoms with van der Waals surface area (Å²) in [5.74, 6) is 0.0371. The number of fused-ring (bicyclic) bond motifs is 1. The number of aryl methyl sites for hydroxylation is 2. The maximum atomic E-state index is 11.6. The quantitative estimate of drug-likeness (QED) is 0.639. The van der Waals surface area contributed by atoms with Crippen molar-refractivity contribution in [2.24, 2.45) is 0 Å². The van der Waals surface area contributed by atoms with E-state index in [0.29, 0.717) is 16.9 Å². The fourth-order valence-corrected chi connectivity index (χ4v) is 2.23. The number of esters is 1. The van der Waals surface area contributed by atoms with Crippen LogP contribution in [0.4, 0.5) is 0 Å². The van der Waals surface area contributed by atoms with Gasteiger partial charge in [0.1, 0.15) is 11.3 Å². The summed E-state index contributed by atoms with van der Waals surface area (Å²) in [6, 6.07) is 5.11. The van der Waals surface area contributed by atoms with Crippen LogP contribution in [0.15, 0.2) is 27.4 Å². The smallest absolute Gasteiger partial charge is 0.346 e. The molecule has 5 nitrogen and oxygen atoms in total. The molecule has 2 rings (SSSR count). The highest BCUT2D eigenvalue weighted by molar-refractivity contribution is 5.85. The second-order valence-electron chi connectivity index (χ2n) is 4.79. The van der Waals surface area contributed by atoms with Gasteiger partial charge in [0.25, 0.3) is 0 Å². The molecular weight excluding hydrogens is 272 g/mol. The molecule has 0 spiro atoms. The molecule has 0 saturated carbocycles. The predicted octanol–water partition coefficient (Wildman–Crippen LogP) is 2.60. The standard InChI is InChI=1S/C16H18O5/c1-5-11-8-14(17)21-15-9(2)13(7-6-12(11)15)20-10(3)16(18)19-4/h6-8,10H,5H2,1-4H3. The van der Waals surface area contributed by atoms with E-state index < -0.39 is 12.1 Å². The number of rotatable bonds is 4. The number of hydrogen-bond donors (Lipinski definition) is 0. The molecule has 0 N–H and O–H groups in total. The Labute approximate surface area is 122 Å². The summed E-state index contributed by atoms with van der Waals surface area (Å²) in [7, 11) is 1.31. The molecule has 0 aliphatic heterocycles. The maximum absolute atomic E-state index is 11.6. The second kappa shape index (κ2) is 5.99. The molecule has 112 valence electrons. The van der Waals surface area contributed by atoms with Crippen LogP contribution in [0.3, 0.4) is 0 Å². The van der Waals surface area contributed by atoms with Crippen molar-refractivity contribution in [1.82, 2.24) is 0 Å². The van der Waals surface area contributed by atoms with Crippen molar-refractivity contribution in [3.05, 3.63) is 39.7 Å². The molecule has 0 bridgehead atoms. The van der Waals surface area contributed by atoms with Crippen molar-refractivity contribution in [1.29, 1.82) is 0 Å². The van der Waals surface area contributed by atoms with Gasteiger partial charge in [-0.2, -0.15) is 0 Å². The summed E-state index contributed by atoms with van der Waals surface area (Å²) in [6.07, 6.45) is 0.00700. The van der Waals surface area contributed by atoms with E-state index in [1.54, 1.807) is 19.9 Å². The lowest BCUT2D eigenvalue weighted by molar-refractivity contribution is -0.147. The SMILES string of the molecule is CCc1cc(=O)oc2c(C)c(OC(C)C(=O)OC)ccc12. The highest BCUT2D eigenvalue weighted by atomic mass is 16.6. The van der Waals surface area contributed by atoms with Crippen LogP contribution < -0.4 is 10.4 Å². The summed E-state index contributed by atoms with van der Waals surface area (Å²) in [6.45, 7) is 5.38. The third-order valence-electron chi connectivity index (χ3n) is 3.41. The van der Waals surface area contributed by atoms with Crippen LogP contribution in [0.5, 0.6) is 5.75 Å². The van der Waals surface area contributed by atoms with Gasteiger partial charge in [-0.05, 0) is 38.0 Å². The number of benzene rings is 1. The largest absolute Gasteiger partial charge is 0.479 e. The highest BCUT2D eigenvalue weighted by Gasteiger charge is 2.18. The third kappa shape index (κ3) is 2.91. The molecule has 0 fully saturated rings. The Morgan fingerprint density at radius 1 is 1.38 bits per heavy atom. The van der Waals surface area contributed by atoms with E-state index >= 15 is 0 Å². The minimum absolute atomic E-state index is 0.388.